The van der Waals surface area contributed by atoms with Gasteiger partial charge in [0.05, 0.1) is 24.5 Å². The van der Waals surface area contributed by atoms with E-state index in [1.54, 1.807) is 55.5 Å². The van der Waals surface area contributed by atoms with E-state index in [4.69, 9.17) is 16.3 Å². The molecule has 5 rings (SSSR count). The fraction of sp³-hybridized carbons (Fsp3) is 0.312. The lowest BCUT2D eigenvalue weighted by atomic mass is 9.93. The summed E-state index contributed by atoms with van der Waals surface area (Å²) in [4.78, 5) is 58.2. The van der Waals surface area contributed by atoms with Crippen molar-refractivity contribution in [2.24, 2.45) is 0 Å². The van der Waals surface area contributed by atoms with Crippen molar-refractivity contribution in [3.63, 3.8) is 0 Å². The maximum Gasteiger partial charge on any atom is 0.299 e. The van der Waals surface area contributed by atoms with Gasteiger partial charge in [-0.2, -0.15) is 0 Å². The number of Topliss-reactive ketones (excluding diaryl/α,β-unsaturated/α-hetero) is 1. The second-order valence-corrected chi connectivity index (χ2v) is 11.0. The lowest BCUT2D eigenvalue weighted by Gasteiger charge is -2.40. The number of carbonyl (C=O) groups is 4. The summed E-state index contributed by atoms with van der Waals surface area (Å²) in [5.74, 6) is -2.25. The summed E-state index contributed by atoms with van der Waals surface area (Å²) in [5, 5.41) is 3.53. The van der Waals surface area contributed by atoms with Crippen molar-refractivity contribution in [2.45, 2.75) is 32.4 Å². The number of morpholine rings is 1. The predicted octanol–water partition coefficient (Wildman–Crippen LogP) is 4.54. The Kier molecular flexibility index (Phi) is 8.61. The van der Waals surface area contributed by atoms with E-state index in [0.717, 1.165) is 24.3 Å². The summed E-state index contributed by atoms with van der Waals surface area (Å²) in [6.45, 7) is 6.22. The van der Waals surface area contributed by atoms with E-state index in [2.05, 4.69) is 10.2 Å². The van der Waals surface area contributed by atoms with Crippen LogP contribution in [0.3, 0.4) is 0 Å². The lowest BCUT2D eigenvalue weighted by molar-refractivity contribution is -0.145. The minimum atomic E-state index is -1.29. The van der Waals surface area contributed by atoms with E-state index < -0.39 is 23.1 Å². The average molecular weight is 589 g/mol. The van der Waals surface area contributed by atoms with Gasteiger partial charge in [0, 0.05) is 36.0 Å². The van der Waals surface area contributed by atoms with Crippen molar-refractivity contribution >= 4 is 52.2 Å². The van der Waals surface area contributed by atoms with Crippen LogP contribution in [0, 0.1) is 0 Å². The summed E-state index contributed by atoms with van der Waals surface area (Å²) in [6.07, 6.45) is 0.299. The smallest absolute Gasteiger partial charge is 0.299 e. The fourth-order valence-corrected chi connectivity index (χ4v) is 5.38. The van der Waals surface area contributed by atoms with Gasteiger partial charge in [0.2, 0.25) is 11.8 Å². The Morgan fingerprint density at radius 3 is 2.31 bits per heavy atom. The number of carbonyl (C=O) groups excluding carboxylic acids is 4. The van der Waals surface area contributed by atoms with Gasteiger partial charge in [-0.1, -0.05) is 42.8 Å². The topological polar surface area (TPSA) is 99.3 Å². The maximum absolute atomic E-state index is 14.0. The van der Waals surface area contributed by atoms with Gasteiger partial charge in [-0.25, -0.2) is 0 Å². The number of halogens is 1. The van der Waals surface area contributed by atoms with Crippen LogP contribution in [0.5, 0.6) is 0 Å². The third-order valence-electron chi connectivity index (χ3n) is 8.00. The number of fused-ring (bicyclic) bond motifs is 1. The highest BCUT2D eigenvalue weighted by Crippen LogP contribution is 2.31. The maximum atomic E-state index is 14.0. The van der Waals surface area contributed by atoms with Gasteiger partial charge >= 0.3 is 0 Å². The molecule has 1 saturated heterocycles. The molecule has 3 aromatic rings. The highest BCUT2D eigenvalue weighted by molar-refractivity contribution is 6.52. The number of ether oxygens (including phenoxy) is 1. The lowest BCUT2D eigenvalue weighted by Crippen LogP contribution is -2.58. The van der Waals surface area contributed by atoms with Crippen molar-refractivity contribution in [1.82, 2.24) is 4.90 Å². The Hall–Kier alpha value is -4.21. The normalized spacial score (nSPS) is 16.2. The molecule has 0 aliphatic carbocycles. The summed E-state index contributed by atoms with van der Waals surface area (Å²) in [5.41, 5.74) is 1.76. The molecule has 3 amide bonds. The van der Waals surface area contributed by atoms with E-state index in [0.29, 0.717) is 36.0 Å². The average Bonchev–Trinajstić information content (AvgIpc) is 3.25. The highest BCUT2D eigenvalue weighted by atomic mass is 35.5. The minimum absolute atomic E-state index is 0.0986. The zero-order chi connectivity index (χ0) is 29.9. The third kappa shape index (κ3) is 5.89. The number of hydrogen-bond acceptors (Lipinski definition) is 6. The van der Waals surface area contributed by atoms with Crippen LogP contribution in [0.4, 0.5) is 17.1 Å². The first-order valence-corrected chi connectivity index (χ1v) is 14.3. The number of rotatable bonds is 9. The first-order chi connectivity index (χ1) is 20.2. The summed E-state index contributed by atoms with van der Waals surface area (Å²) in [7, 11) is 0. The Bertz CT molecular complexity index is 1490. The van der Waals surface area contributed by atoms with Gasteiger partial charge in [-0.15, -0.1) is 0 Å². The number of anilines is 3. The van der Waals surface area contributed by atoms with E-state index in [1.807, 2.05) is 31.2 Å². The molecule has 0 radical (unpaired) electrons. The van der Waals surface area contributed by atoms with Crippen LogP contribution in [0.1, 0.15) is 36.2 Å². The van der Waals surface area contributed by atoms with Crippen LogP contribution in [-0.2, 0) is 25.7 Å². The molecule has 1 fully saturated rings. The van der Waals surface area contributed by atoms with Crippen LogP contribution in [-0.4, -0.2) is 66.8 Å². The number of benzene rings is 3. The number of nitrogens with one attached hydrogen (secondary N) is 1. The van der Waals surface area contributed by atoms with E-state index in [1.165, 1.54) is 9.80 Å². The molecule has 0 bridgehead atoms. The number of ketones is 1. The molecule has 1 N–H and O–H groups in total. The molecule has 2 heterocycles. The SMILES string of the molecule is CCC(C)(C(=O)Nc1ccc(N2CCOCC2)cc1)N(Cc1ccc(Cl)cc1)C(=O)CN1C(=O)C(=O)c2ccccc21. The van der Waals surface area contributed by atoms with Crippen LogP contribution in [0.25, 0.3) is 0 Å². The molecule has 42 heavy (non-hydrogen) atoms. The second kappa shape index (κ2) is 12.3. The quantitative estimate of drug-likeness (QED) is 0.369. The molecule has 3 aromatic carbocycles. The molecule has 0 saturated carbocycles. The zero-order valence-corrected chi connectivity index (χ0v) is 24.4. The van der Waals surface area contributed by atoms with E-state index in [9.17, 15) is 19.2 Å². The second-order valence-electron chi connectivity index (χ2n) is 10.6. The van der Waals surface area contributed by atoms with Gasteiger partial charge in [-0.05, 0) is 67.4 Å². The van der Waals surface area contributed by atoms with Crippen LogP contribution >= 0.6 is 11.6 Å². The Balaban J connectivity index is 1.40. The van der Waals surface area contributed by atoms with E-state index in [-0.39, 0.29) is 24.6 Å². The van der Waals surface area contributed by atoms with Gasteiger partial charge in [0.1, 0.15) is 12.1 Å². The molecule has 1 atom stereocenters. The van der Waals surface area contributed by atoms with Crippen LogP contribution in [0.15, 0.2) is 72.8 Å². The van der Waals surface area contributed by atoms with Crippen LogP contribution < -0.4 is 15.1 Å². The Morgan fingerprint density at radius 1 is 0.976 bits per heavy atom. The van der Waals surface area contributed by atoms with Crippen molar-refractivity contribution < 1.29 is 23.9 Å². The molecule has 2 aliphatic heterocycles. The third-order valence-corrected chi connectivity index (χ3v) is 8.25. The first-order valence-electron chi connectivity index (χ1n) is 14.0. The monoisotopic (exact) mass is 588 g/mol. The van der Waals surface area contributed by atoms with E-state index >= 15 is 0 Å². The Labute approximate surface area is 250 Å². The van der Waals surface area contributed by atoms with Gasteiger partial charge in [-0.3, -0.25) is 24.1 Å². The molecule has 2 aliphatic rings. The molecule has 10 heteroatoms. The molecular formula is C32H33ClN4O5. The minimum Gasteiger partial charge on any atom is -0.378 e. The standard InChI is InChI=1S/C32H33ClN4O5/c1-3-32(2,31(41)34-24-12-14-25(15-13-24)35-16-18-42-19-17-35)37(20-22-8-10-23(33)11-9-22)28(38)21-36-27-7-5-4-6-26(27)29(39)30(36)40/h4-15H,3,16-21H2,1-2H3,(H,34,41). The Morgan fingerprint density at radius 2 is 1.64 bits per heavy atom. The molecule has 218 valence electrons. The van der Waals surface area contributed by atoms with Crippen LogP contribution in [0.2, 0.25) is 5.02 Å². The molecular weight excluding hydrogens is 556 g/mol. The van der Waals surface area contributed by atoms with Gasteiger partial charge < -0.3 is 19.9 Å². The molecule has 0 spiro atoms. The number of hydrogen-bond donors (Lipinski definition) is 1. The van der Waals surface area contributed by atoms with Crippen molar-refractivity contribution in [2.75, 3.05) is 48.0 Å². The largest absolute Gasteiger partial charge is 0.378 e. The van der Waals surface area contributed by atoms with Gasteiger partial charge in [0.15, 0.2) is 0 Å². The highest BCUT2D eigenvalue weighted by Gasteiger charge is 2.43. The molecule has 1 unspecified atom stereocenters. The number of nitrogens with zero attached hydrogens (tertiary/aromatic N) is 3. The van der Waals surface area contributed by atoms with Crippen molar-refractivity contribution in [3.05, 3.63) is 88.9 Å². The van der Waals surface area contributed by atoms with Crippen molar-refractivity contribution in [1.29, 1.82) is 0 Å². The number of para-hydroxylation sites is 1. The van der Waals surface area contributed by atoms with Gasteiger partial charge in [0.25, 0.3) is 11.7 Å². The predicted molar refractivity (Wildman–Crippen MR) is 162 cm³/mol. The van der Waals surface area contributed by atoms with Crippen molar-refractivity contribution in [3.8, 4) is 0 Å². The number of amides is 3. The molecule has 9 nitrogen and oxygen atoms in total. The summed E-state index contributed by atoms with van der Waals surface area (Å²) >= 11 is 6.09. The summed E-state index contributed by atoms with van der Waals surface area (Å²) < 4.78 is 5.43. The fourth-order valence-electron chi connectivity index (χ4n) is 5.25. The first kappa shape index (κ1) is 29.3. The zero-order valence-electron chi connectivity index (χ0n) is 23.6. The molecule has 0 aromatic heterocycles. The summed E-state index contributed by atoms with van der Waals surface area (Å²) in [6, 6.07) is 21.2.